The van der Waals surface area contributed by atoms with E-state index in [1.807, 2.05) is 18.2 Å². The van der Waals surface area contributed by atoms with Crippen LogP contribution in [0.25, 0.3) is 0 Å². The zero-order valence-corrected chi connectivity index (χ0v) is 14.3. The van der Waals surface area contributed by atoms with Crippen LogP contribution in [0.3, 0.4) is 0 Å². The monoisotopic (exact) mass is 317 g/mol. The smallest absolute Gasteiger partial charge is 0.325 e. The molecule has 0 aliphatic carbocycles. The number of nitrogens with zero attached hydrogens (tertiary/aromatic N) is 2. The van der Waals surface area contributed by atoms with Crippen LogP contribution >= 0.6 is 0 Å². The third kappa shape index (κ3) is 4.79. The fraction of sp³-hybridized carbons (Fsp3) is 0.556. The molecular formula is C18H27N3O2. The standard InChI is InChI=1S/C18H27N3O2/c1-4-10-20(12-15-8-6-5-7-9-15)13-21-17(22)16(11-14(2)3)19-18(21)23/h5-9,14,16H,4,10-13H2,1-3H3,(H,19,23). The highest BCUT2D eigenvalue weighted by Crippen LogP contribution is 2.16. The Labute approximate surface area is 138 Å². The van der Waals surface area contributed by atoms with Crippen LogP contribution in [0.4, 0.5) is 4.79 Å². The predicted molar refractivity (Wildman–Crippen MR) is 90.6 cm³/mol. The molecule has 1 saturated heterocycles. The predicted octanol–water partition coefficient (Wildman–Crippen LogP) is 2.82. The minimum absolute atomic E-state index is 0.0992. The van der Waals surface area contributed by atoms with Crippen molar-refractivity contribution in [3.05, 3.63) is 35.9 Å². The fourth-order valence-electron chi connectivity index (χ4n) is 2.90. The summed E-state index contributed by atoms with van der Waals surface area (Å²) in [6, 6.07) is 9.49. The lowest BCUT2D eigenvalue weighted by Crippen LogP contribution is -2.42. The highest BCUT2D eigenvalue weighted by molar-refractivity contribution is 6.04. The van der Waals surface area contributed by atoms with Gasteiger partial charge in [-0.1, -0.05) is 51.1 Å². The molecule has 0 aromatic heterocycles. The number of benzene rings is 1. The number of imide groups is 1. The van der Waals surface area contributed by atoms with Crippen molar-refractivity contribution >= 4 is 11.9 Å². The van der Waals surface area contributed by atoms with Gasteiger partial charge in [-0.05, 0) is 30.9 Å². The Morgan fingerprint density at radius 2 is 1.91 bits per heavy atom. The summed E-state index contributed by atoms with van der Waals surface area (Å²) in [5.41, 5.74) is 1.19. The molecule has 1 fully saturated rings. The molecule has 1 N–H and O–H groups in total. The molecule has 2 rings (SSSR count). The lowest BCUT2D eigenvalue weighted by Gasteiger charge is -2.26. The summed E-state index contributed by atoms with van der Waals surface area (Å²) in [4.78, 5) is 28.1. The minimum Gasteiger partial charge on any atom is -0.326 e. The summed E-state index contributed by atoms with van der Waals surface area (Å²) in [5, 5.41) is 2.81. The van der Waals surface area contributed by atoms with Crippen molar-refractivity contribution in [3.63, 3.8) is 0 Å². The second-order valence-corrected chi connectivity index (χ2v) is 6.58. The number of rotatable bonds is 8. The Bertz CT molecular complexity index is 530. The van der Waals surface area contributed by atoms with Gasteiger partial charge in [-0.25, -0.2) is 9.69 Å². The van der Waals surface area contributed by atoms with Crippen molar-refractivity contribution in [1.29, 1.82) is 0 Å². The SMILES string of the molecule is CCCN(Cc1ccccc1)CN1C(=O)NC(CC(C)C)C1=O. The molecule has 1 atom stereocenters. The van der Waals surface area contributed by atoms with Gasteiger partial charge in [0.25, 0.3) is 5.91 Å². The molecule has 1 heterocycles. The third-order valence-corrected chi connectivity index (χ3v) is 3.94. The Hall–Kier alpha value is -1.88. The Kier molecular flexibility index (Phi) is 6.16. The molecule has 0 spiro atoms. The van der Waals surface area contributed by atoms with Crippen LogP contribution < -0.4 is 5.32 Å². The first-order chi connectivity index (χ1) is 11.0. The highest BCUT2D eigenvalue weighted by Gasteiger charge is 2.38. The van der Waals surface area contributed by atoms with Crippen molar-refractivity contribution in [2.24, 2.45) is 5.92 Å². The van der Waals surface area contributed by atoms with Gasteiger partial charge in [0.05, 0.1) is 6.67 Å². The second kappa shape index (κ2) is 8.11. The lowest BCUT2D eigenvalue weighted by atomic mass is 10.0. The molecule has 1 aromatic rings. The summed E-state index contributed by atoms with van der Waals surface area (Å²) in [5.74, 6) is 0.276. The highest BCUT2D eigenvalue weighted by atomic mass is 16.2. The maximum Gasteiger partial charge on any atom is 0.325 e. The van der Waals surface area contributed by atoms with Gasteiger partial charge in [-0.3, -0.25) is 9.69 Å². The van der Waals surface area contributed by atoms with Crippen LogP contribution in [0.15, 0.2) is 30.3 Å². The van der Waals surface area contributed by atoms with E-state index in [0.29, 0.717) is 19.0 Å². The molecule has 1 unspecified atom stereocenters. The van der Waals surface area contributed by atoms with E-state index in [2.05, 4.69) is 43.1 Å². The minimum atomic E-state index is -0.372. The molecule has 1 aromatic carbocycles. The summed E-state index contributed by atoms with van der Waals surface area (Å²) in [6.45, 7) is 8.15. The van der Waals surface area contributed by atoms with Gasteiger partial charge in [0, 0.05) is 6.54 Å². The summed E-state index contributed by atoms with van der Waals surface area (Å²) >= 11 is 0. The van der Waals surface area contributed by atoms with Gasteiger partial charge in [0.15, 0.2) is 0 Å². The average Bonchev–Trinajstić information content (AvgIpc) is 2.75. The summed E-state index contributed by atoms with van der Waals surface area (Å²) < 4.78 is 0. The van der Waals surface area contributed by atoms with Gasteiger partial charge < -0.3 is 5.32 Å². The number of carbonyl (C=O) groups excluding carboxylic acids is 2. The van der Waals surface area contributed by atoms with Crippen molar-refractivity contribution in [2.75, 3.05) is 13.2 Å². The summed E-state index contributed by atoms with van der Waals surface area (Å²) in [6.07, 6.45) is 1.67. The third-order valence-electron chi connectivity index (χ3n) is 3.94. The first kappa shape index (κ1) is 17.5. The van der Waals surface area contributed by atoms with E-state index in [1.54, 1.807) is 0 Å². The van der Waals surface area contributed by atoms with E-state index in [4.69, 9.17) is 0 Å². The Morgan fingerprint density at radius 3 is 2.52 bits per heavy atom. The number of hydrogen-bond donors (Lipinski definition) is 1. The van der Waals surface area contributed by atoms with E-state index in [0.717, 1.165) is 19.5 Å². The Morgan fingerprint density at radius 1 is 1.22 bits per heavy atom. The van der Waals surface area contributed by atoms with Crippen LogP contribution in [0.2, 0.25) is 0 Å². The van der Waals surface area contributed by atoms with E-state index in [1.165, 1.54) is 10.5 Å². The van der Waals surface area contributed by atoms with Gasteiger partial charge in [-0.15, -0.1) is 0 Å². The molecule has 0 radical (unpaired) electrons. The van der Waals surface area contributed by atoms with Crippen LogP contribution in [0, 0.1) is 5.92 Å². The van der Waals surface area contributed by atoms with E-state index in [9.17, 15) is 9.59 Å². The maximum absolute atomic E-state index is 12.5. The van der Waals surface area contributed by atoms with Crippen molar-refractivity contribution in [3.8, 4) is 0 Å². The molecule has 1 aliphatic rings. The molecule has 0 saturated carbocycles. The maximum atomic E-state index is 12.5. The average molecular weight is 317 g/mol. The van der Waals surface area contributed by atoms with Crippen LogP contribution in [-0.4, -0.2) is 41.0 Å². The van der Waals surface area contributed by atoms with Gasteiger partial charge >= 0.3 is 6.03 Å². The number of carbonyl (C=O) groups is 2. The topological polar surface area (TPSA) is 52.6 Å². The first-order valence-corrected chi connectivity index (χ1v) is 8.39. The largest absolute Gasteiger partial charge is 0.326 e. The lowest BCUT2D eigenvalue weighted by molar-refractivity contribution is -0.129. The number of nitrogens with one attached hydrogen (secondary N) is 1. The quantitative estimate of drug-likeness (QED) is 0.750. The molecule has 23 heavy (non-hydrogen) atoms. The van der Waals surface area contributed by atoms with E-state index >= 15 is 0 Å². The van der Waals surface area contributed by atoms with Crippen LogP contribution in [0.1, 0.15) is 39.2 Å². The first-order valence-electron chi connectivity index (χ1n) is 8.39. The molecule has 5 heteroatoms. The summed E-state index contributed by atoms with van der Waals surface area (Å²) in [7, 11) is 0. The zero-order chi connectivity index (χ0) is 16.8. The van der Waals surface area contributed by atoms with Crippen molar-refractivity contribution in [2.45, 2.75) is 46.2 Å². The molecule has 1 aliphatic heterocycles. The molecule has 126 valence electrons. The van der Waals surface area contributed by atoms with Crippen molar-refractivity contribution < 1.29 is 9.59 Å². The van der Waals surface area contributed by atoms with Gasteiger partial charge in [0.2, 0.25) is 0 Å². The molecule has 0 bridgehead atoms. The second-order valence-electron chi connectivity index (χ2n) is 6.58. The number of urea groups is 1. The van der Waals surface area contributed by atoms with E-state index < -0.39 is 0 Å². The normalized spacial score (nSPS) is 18.1. The van der Waals surface area contributed by atoms with Crippen LogP contribution in [-0.2, 0) is 11.3 Å². The molecule has 3 amide bonds. The van der Waals surface area contributed by atoms with Crippen molar-refractivity contribution in [1.82, 2.24) is 15.1 Å². The number of hydrogen-bond acceptors (Lipinski definition) is 3. The number of amides is 3. The van der Waals surface area contributed by atoms with Gasteiger partial charge in [-0.2, -0.15) is 0 Å². The van der Waals surface area contributed by atoms with Crippen LogP contribution in [0.5, 0.6) is 0 Å². The molecule has 5 nitrogen and oxygen atoms in total. The fourth-order valence-corrected chi connectivity index (χ4v) is 2.90. The molecular weight excluding hydrogens is 290 g/mol. The van der Waals surface area contributed by atoms with E-state index in [-0.39, 0.29) is 18.0 Å². The van der Waals surface area contributed by atoms with Gasteiger partial charge in [0.1, 0.15) is 6.04 Å². The Balaban J connectivity index is 2.01. The zero-order valence-electron chi connectivity index (χ0n) is 14.3.